The van der Waals surface area contributed by atoms with E-state index in [1.165, 1.54) is 19.4 Å². The highest BCUT2D eigenvalue weighted by atomic mass is 35.5. The summed E-state index contributed by atoms with van der Waals surface area (Å²) in [5, 5.41) is 3.29. The fourth-order valence-corrected chi connectivity index (χ4v) is 1.60. The molecule has 4 heteroatoms. The highest BCUT2D eigenvalue weighted by Crippen LogP contribution is 2.44. The van der Waals surface area contributed by atoms with E-state index in [-0.39, 0.29) is 30.4 Å². The van der Waals surface area contributed by atoms with Crippen LogP contribution in [0.25, 0.3) is 0 Å². The van der Waals surface area contributed by atoms with Gasteiger partial charge in [0, 0.05) is 12.1 Å². The molecule has 1 aliphatic heterocycles. The molecule has 2 nitrogen and oxygen atoms in total. The molecule has 2 rings (SSSR count). The molecule has 2 aliphatic rings. The van der Waals surface area contributed by atoms with Crippen molar-refractivity contribution in [1.82, 2.24) is 5.32 Å². The normalized spacial score (nSPS) is 42.3. The lowest BCUT2D eigenvalue weighted by Gasteiger charge is -2.17. The largest absolute Gasteiger partial charge is 0.324 e. The van der Waals surface area contributed by atoms with E-state index in [9.17, 15) is 0 Å². The first-order chi connectivity index (χ1) is 3.81. The minimum absolute atomic E-state index is 0. The summed E-state index contributed by atoms with van der Waals surface area (Å²) >= 11 is 0. The Balaban J connectivity index is 0.000000405. The number of piperidine rings is 1. The first-order valence-electron chi connectivity index (χ1n) is 3.31. The lowest BCUT2D eigenvalue weighted by atomic mass is 10.1. The summed E-state index contributed by atoms with van der Waals surface area (Å²) in [6, 6.07) is 0. The number of hydrogen-bond donors (Lipinski definition) is 2. The van der Waals surface area contributed by atoms with E-state index in [2.05, 4.69) is 5.32 Å². The van der Waals surface area contributed by atoms with Crippen LogP contribution in [0, 0.1) is 5.92 Å². The fraction of sp³-hybridized carbons (Fsp3) is 1.00. The molecular formula is C6H14Cl2N2. The van der Waals surface area contributed by atoms with Gasteiger partial charge in [-0.25, -0.2) is 0 Å². The summed E-state index contributed by atoms with van der Waals surface area (Å²) in [7, 11) is 0. The molecule has 2 unspecified atom stereocenters. The summed E-state index contributed by atoms with van der Waals surface area (Å²) in [6.07, 6.45) is 2.57. The van der Waals surface area contributed by atoms with Crippen LogP contribution >= 0.6 is 24.8 Å². The number of nitrogens with one attached hydrogen (secondary N) is 1. The van der Waals surface area contributed by atoms with Gasteiger partial charge in [-0.2, -0.15) is 0 Å². The quantitative estimate of drug-likeness (QED) is 0.578. The Morgan fingerprint density at radius 3 is 2.50 bits per heavy atom. The van der Waals surface area contributed by atoms with E-state index in [0.717, 1.165) is 12.5 Å². The van der Waals surface area contributed by atoms with Gasteiger partial charge in [0.05, 0.1) is 0 Å². The molecule has 1 saturated carbocycles. The van der Waals surface area contributed by atoms with Gasteiger partial charge >= 0.3 is 0 Å². The van der Waals surface area contributed by atoms with Crippen LogP contribution in [-0.4, -0.2) is 18.6 Å². The molecule has 10 heavy (non-hydrogen) atoms. The van der Waals surface area contributed by atoms with Crippen molar-refractivity contribution in [2.75, 3.05) is 13.1 Å². The monoisotopic (exact) mass is 184 g/mol. The van der Waals surface area contributed by atoms with Crippen molar-refractivity contribution in [3.05, 3.63) is 0 Å². The molecule has 0 aromatic carbocycles. The predicted octanol–water partition coefficient (Wildman–Crippen LogP) is 0.541. The fourth-order valence-electron chi connectivity index (χ4n) is 1.60. The van der Waals surface area contributed by atoms with Crippen LogP contribution < -0.4 is 11.1 Å². The van der Waals surface area contributed by atoms with Crippen molar-refractivity contribution in [3.63, 3.8) is 0 Å². The van der Waals surface area contributed by atoms with Gasteiger partial charge in [0.1, 0.15) is 0 Å². The third-order valence-corrected chi connectivity index (χ3v) is 2.40. The van der Waals surface area contributed by atoms with Crippen molar-refractivity contribution in [2.45, 2.75) is 18.4 Å². The van der Waals surface area contributed by atoms with Crippen LogP contribution in [0.2, 0.25) is 0 Å². The van der Waals surface area contributed by atoms with Gasteiger partial charge in [0.2, 0.25) is 0 Å². The summed E-state index contributed by atoms with van der Waals surface area (Å²) in [6.45, 7) is 2.24. The molecule has 2 fully saturated rings. The number of rotatable bonds is 0. The van der Waals surface area contributed by atoms with Crippen molar-refractivity contribution >= 4 is 24.8 Å². The summed E-state index contributed by atoms with van der Waals surface area (Å²) in [5.41, 5.74) is 6.12. The van der Waals surface area contributed by atoms with Crippen LogP contribution in [0.3, 0.4) is 0 Å². The highest BCUT2D eigenvalue weighted by Gasteiger charge is 2.51. The van der Waals surface area contributed by atoms with Crippen molar-refractivity contribution < 1.29 is 0 Å². The third kappa shape index (κ3) is 1.56. The molecule has 1 saturated heterocycles. The van der Waals surface area contributed by atoms with Gasteiger partial charge in [-0.1, -0.05) is 0 Å². The van der Waals surface area contributed by atoms with Crippen molar-refractivity contribution in [2.24, 2.45) is 11.7 Å². The van der Waals surface area contributed by atoms with Gasteiger partial charge in [-0.3, -0.25) is 0 Å². The molecule has 2 atom stereocenters. The van der Waals surface area contributed by atoms with Crippen LogP contribution in [0.5, 0.6) is 0 Å². The summed E-state index contributed by atoms with van der Waals surface area (Å²) in [4.78, 5) is 0. The number of halogens is 2. The third-order valence-electron chi connectivity index (χ3n) is 2.40. The molecule has 0 radical (unpaired) electrons. The van der Waals surface area contributed by atoms with Crippen LogP contribution in [0.4, 0.5) is 0 Å². The molecule has 0 amide bonds. The second kappa shape index (κ2) is 3.26. The van der Waals surface area contributed by atoms with E-state index in [0.29, 0.717) is 0 Å². The SMILES string of the molecule is Cl.Cl.NC12CNCCC1C2. The molecule has 1 aliphatic carbocycles. The average molecular weight is 185 g/mol. The zero-order chi connectivity index (χ0) is 5.61. The first kappa shape index (κ1) is 10.5. The molecule has 0 spiro atoms. The zero-order valence-electron chi connectivity index (χ0n) is 5.80. The van der Waals surface area contributed by atoms with Crippen molar-refractivity contribution in [1.29, 1.82) is 0 Å². The Morgan fingerprint density at radius 2 is 2.10 bits per heavy atom. The van der Waals surface area contributed by atoms with Gasteiger partial charge in [-0.15, -0.1) is 24.8 Å². The highest BCUT2D eigenvalue weighted by molar-refractivity contribution is 5.85. The zero-order valence-corrected chi connectivity index (χ0v) is 7.43. The van der Waals surface area contributed by atoms with Gasteiger partial charge in [-0.05, 0) is 25.3 Å². The second-order valence-corrected chi connectivity index (χ2v) is 3.10. The maximum atomic E-state index is 5.89. The van der Waals surface area contributed by atoms with E-state index < -0.39 is 0 Å². The lowest BCUT2D eigenvalue weighted by molar-refractivity contribution is 0.446. The minimum atomic E-state index is 0. The molecule has 0 aromatic heterocycles. The maximum Gasteiger partial charge on any atom is 0.0313 e. The molecule has 3 N–H and O–H groups in total. The van der Waals surface area contributed by atoms with Crippen molar-refractivity contribution in [3.8, 4) is 0 Å². The molecule has 0 aromatic rings. The van der Waals surface area contributed by atoms with Crippen LogP contribution in [0.15, 0.2) is 0 Å². The molecule has 0 bridgehead atoms. The van der Waals surface area contributed by atoms with E-state index in [1.807, 2.05) is 0 Å². The lowest BCUT2D eigenvalue weighted by Crippen LogP contribution is -2.42. The standard InChI is InChI=1S/C6H12N2.2ClH/c7-6-3-5(6)1-2-8-4-6;;/h5,8H,1-4,7H2;2*1H. The second-order valence-electron chi connectivity index (χ2n) is 3.10. The predicted molar refractivity (Wildman–Crippen MR) is 47.0 cm³/mol. The Bertz CT molecular complexity index is 118. The van der Waals surface area contributed by atoms with E-state index in [4.69, 9.17) is 5.73 Å². The maximum absolute atomic E-state index is 5.89. The van der Waals surface area contributed by atoms with Crippen LogP contribution in [-0.2, 0) is 0 Å². The Morgan fingerprint density at radius 1 is 1.40 bits per heavy atom. The van der Waals surface area contributed by atoms with Gasteiger partial charge in [0.15, 0.2) is 0 Å². The smallest absolute Gasteiger partial charge is 0.0313 e. The summed E-state index contributed by atoms with van der Waals surface area (Å²) in [5.74, 6) is 0.865. The van der Waals surface area contributed by atoms with Gasteiger partial charge < -0.3 is 11.1 Å². The molecular weight excluding hydrogens is 171 g/mol. The number of nitrogens with two attached hydrogens (primary N) is 1. The first-order valence-corrected chi connectivity index (χ1v) is 3.31. The summed E-state index contributed by atoms with van der Waals surface area (Å²) < 4.78 is 0. The Labute approximate surface area is 73.7 Å². The average Bonchev–Trinajstić information content (AvgIpc) is 2.39. The van der Waals surface area contributed by atoms with E-state index >= 15 is 0 Å². The Hall–Kier alpha value is 0.500. The molecule has 1 heterocycles. The minimum Gasteiger partial charge on any atom is -0.324 e. The topological polar surface area (TPSA) is 38.0 Å². The Kier molecular flexibility index (Phi) is 3.43. The molecule has 62 valence electrons. The van der Waals surface area contributed by atoms with E-state index in [1.54, 1.807) is 0 Å². The van der Waals surface area contributed by atoms with Crippen LogP contribution in [0.1, 0.15) is 12.8 Å². The number of hydrogen-bond acceptors (Lipinski definition) is 2. The number of fused-ring (bicyclic) bond motifs is 1. The van der Waals surface area contributed by atoms with Gasteiger partial charge in [0.25, 0.3) is 0 Å².